The fraction of sp³-hybridized carbons (Fsp3) is 1.00. The topological polar surface area (TPSA) is 30.5 Å². The summed E-state index contributed by atoms with van der Waals surface area (Å²) < 4.78 is 9.79. The molecule has 1 rings (SSSR count). The fourth-order valence-corrected chi connectivity index (χ4v) is 0.528. The molecule has 0 aromatic heterocycles. The van der Waals surface area contributed by atoms with E-state index in [1.807, 2.05) is 0 Å². The summed E-state index contributed by atoms with van der Waals surface area (Å²) in [6.45, 7) is 1.30. The Balaban J connectivity index is 2.14. The Labute approximate surface area is 42.6 Å². The van der Waals surface area contributed by atoms with Gasteiger partial charge in [0.2, 0.25) is 0 Å². The Bertz CT molecular complexity index is 51.7. The average molecular weight is 103 g/mol. The van der Waals surface area contributed by atoms with Crippen LogP contribution in [0.2, 0.25) is 0 Å². The van der Waals surface area contributed by atoms with E-state index in [0.29, 0.717) is 13.3 Å². The summed E-state index contributed by atoms with van der Waals surface area (Å²) in [6.07, 6.45) is 0.125. The van der Waals surface area contributed by atoms with Crippen molar-refractivity contribution in [3.63, 3.8) is 0 Å². The molecule has 3 nitrogen and oxygen atoms in total. The van der Waals surface area contributed by atoms with Crippen LogP contribution in [0.25, 0.3) is 0 Å². The van der Waals surface area contributed by atoms with Gasteiger partial charge < -0.3 is 9.47 Å². The zero-order valence-corrected chi connectivity index (χ0v) is 4.31. The van der Waals surface area contributed by atoms with Gasteiger partial charge in [0, 0.05) is 7.11 Å². The van der Waals surface area contributed by atoms with Gasteiger partial charge in [-0.25, -0.2) is 0 Å². The molecule has 0 spiro atoms. The van der Waals surface area contributed by atoms with Crippen LogP contribution < -0.4 is 5.32 Å². The van der Waals surface area contributed by atoms with E-state index >= 15 is 0 Å². The predicted molar refractivity (Wildman–Crippen MR) is 24.8 cm³/mol. The minimum Gasteiger partial charge on any atom is -0.364 e. The van der Waals surface area contributed by atoms with Gasteiger partial charge in [-0.1, -0.05) is 0 Å². The minimum atomic E-state index is 0.125. The summed E-state index contributed by atoms with van der Waals surface area (Å²) in [6, 6.07) is 0. The lowest BCUT2D eigenvalue weighted by Crippen LogP contribution is -2.24. The van der Waals surface area contributed by atoms with Crippen LogP contribution in [0, 0.1) is 0 Å². The van der Waals surface area contributed by atoms with E-state index in [9.17, 15) is 0 Å². The van der Waals surface area contributed by atoms with Crippen molar-refractivity contribution in [2.75, 3.05) is 20.4 Å². The van der Waals surface area contributed by atoms with E-state index < -0.39 is 0 Å². The summed E-state index contributed by atoms with van der Waals surface area (Å²) >= 11 is 0. The van der Waals surface area contributed by atoms with Gasteiger partial charge >= 0.3 is 0 Å². The lowest BCUT2D eigenvalue weighted by atomic mass is 10.6. The second-order valence-electron chi connectivity index (χ2n) is 1.44. The predicted octanol–water partition coefficient (Wildman–Crippen LogP) is -0.464. The zero-order valence-electron chi connectivity index (χ0n) is 4.31. The maximum Gasteiger partial charge on any atom is 0.133 e. The molecule has 0 aromatic carbocycles. The van der Waals surface area contributed by atoms with Crippen molar-refractivity contribution in [1.82, 2.24) is 5.32 Å². The van der Waals surface area contributed by atoms with Gasteiger partial charge in [0.15, 0.2) is 0 Å². The van der Waals surface area contributed by atoms with Gasteiger partial charge in [-0.3, -0.25) is 5.32 Å². The molecule has 1 aliphatic rings. The molecule has 42 valence electrons. The van der Waals surface area contributed by atoms with Crippen LogP contribution in [0.5, 0.6) is 0 Å². The van der Waals surface area contributed by atoms with Gasteiger partial charge in [-0.2, -0.15) is 0 Å². The van der Waals surface area contributed by atoms with Crippen LogP contribution in [0.1, 0.15) is 0 Å². The summed E-state index contributed by atoms with van der Waals surface area (Å²) in [5.74, 6) is 0. The highest BCUT2D eigenvalue weighted by atomic mass is 16.6. The molecule has 1 atom stereocenters. The fourth-order valence-electron chi connectivity index (χ4n) is 0.528. The van der Waals surface area contributed by atoms with Crippen molar-refractivity contribution in [3.05, 3.63) is 0 Å². The van der Waals surface area contributed by atoms with E-state index in [0.717, 1.165) is 0 Å². The third kappa shape index (κ3) is 1.12. The zero-order chi connectivity index (χ0) is 5.11. The Hall–Kier alpha value is -0.120. The number of methoxy groups -OCH3 is 1. The summed E-state index contributed by atoms with van der Waals surface area (Å²) in [7, 11) is 1.66. The lowest BCUT2D eigenvalue weighted by molar-refractivity contribution is 0.0751. The first-order valence-corrected chi connectivity index (χ1v) is 2.27. The first-order chi connectivity index (χ1) is 3.43. The van der Waals surface area contributed by atoms with Gasteiger partial charge in [0.25, 0.3) is 0 Å². The molecule has 1 saturated heterocycles. The maximum atomic E-state index is 4.91. The second kappa shape index (κ2) is 2.26. The summed E-state index contributed by atoms with van der Waals surface area (Å²) in [5.41, 5.74) is 0. The quantitative estimate of drug-likeness (QED) is 0.487. The van der Waals surface area contributed by atoms with Crippen molar-refractivity contribution in [3.8, 4) is 0 Å². The van der Waals surface area contributed by atoms with Crippen LogP contribution in [-0.2, 0) is 9.47 Å². The average Bonchev–Trinajstić information content (AvgIpc) is 2.14. The summed E-state index contributed by atoms with van der Waals surface area (Å²) in [5, 5.41) is 2.96. The Morgan fingerprint density at radius 3 is 3.00 bits per heavy atom. The van der Waals surface area contributed by atoms with E-state index in [1.54, 1.807) is 7.11 Å². The minimum absolute atomic E-state index is 0.125. The number of nitrogens with one attached hydrogen (secondary N) is 1. The Morgan fingerprint density at radius 1 is 1.86 bits per heavy atom. The van der Waals surface area contributed by atoms with Crippen LogP contribution in [-0.4, -0.2) is 26.7 Å². The number of rotatable bonds is 1. The molecule has 3 heteroatoms. The largest absolute Gasteiger partial charge is 0.364 e. The Kier molecular flexibility index (Phi) is 1.62. The molecular formula is C4H9NO2. The third-order valence-electron chi connectivity index (χ3n) is 0.967. The number of hydrogen-bond acceptors (Lipinski definition) is 3. The molecule has 0 unspecified atom stereocenters. The molecule has 1 aliphatic heterocycles. The molecule has 0 aromatic rings. The molecular weight excluding hydrogens is 94.0 g/mol. The normalized spacial score (nSPS) is 31.3. The van der Waals surface area contributed by atoms with Crippen LogP contribution in [0.4, 0.5) is 0 Å². The standard InChI is InChI=1S/C4H9NO2/c1-6-4-2-7-3-5-4/h4-5H,2-3H2,1H3/t4-/m0/s1. The molecule has 0 saturated carbocycles. The molecule has 0 radical (unpaired) electrons. The van der Waals surface area contributed by atoms with Gasteiger partial charge in [0.1, 0.15) is 6.23 Å². The van der Waals surface area contributed by atoms with Crippen molar-refractivity contribution < 1.29 is 9.47 Å². The van der Waals surface area contributed by atoms with Gasteiger partial charge in [-0.15, -0.1) is 0 Å². The maximum absolute atomic E-state index is 4.91. The summed E-state index contributed by atoms with van der Waals surface area (Å²) in [4.78, 5) is 0. The van der Waals surface area contributed by atoms with E-state index in [1.165, 1.54) is 0 Å². The molecule has 0 bridgehead atoms. The van der Waals surface area contributed by atoms with E-state index in [4.69, 9.17) is 9.47 Å². The molecule has 7 heavy (non-hydrogen) atoms. The first-order valence-electron chi connectivity index (χ1n) is 2.27. The van der Waals surface area contributed by atoms with Gasteiger partial charge in [0.05, 0.1) is 13.3 Å². The van der Waals surface area contributed by atoms with Crippen molar-refractivity contribution in [1.29, 1.82) is 0 Å². The van der Waals surface area contributed by atoms with Crippen LogP contribution in [0.15, 0.2) is 0 Å². The molecule has 1 fully saturated rings. The lowest BCUT2D eigenvalue weighted by Gasteiger charge is -2.01. The van der Waals surface area contributed by atoms with Crippen LogP contribution in [0.3, 0.4) is 0 Å². The number of hydrogen-bond donors (Lipinski definition) is 1. The number of ether oxygens (including phenoxy) is 2. The van der Waals surface area contributed by atoms with Crippen molar-refractivity contribution in [2.45, 2.75) is 6.23 Å². The first kappa shape index (κ1) is 5.03. The molecule has 1 N–H and O–H groups in total. The van der Waals surface area contributed by atoms with E-state index in [2.05, 4.69) is 5.32 Å². The highest BCUT2D eigenvalue weighted by Crippen LogP contribution is 1.92. The smallest absolute Gasteiger partial charge is 0.133 e. The second-order valence-corrected chi connectivity index (χ2v) is 1.44. The van der Waals surface area contributed by atoms with E-state index in [-0.39, 0.29) is 6.23 Å². The molecule has 0 aliphatic carbocycles. The third-order valence-corrected chi connectivity index (χ3v) is 0.967. The highest BCUT2D eigenvalue weighted by molar-refractivity contribution is 4.54. The van der Waals surface area contributed by atoms with Gasteiger partial charge in [-0.05, 0) is 0 Å². The molecule has 0 amide bonds. The SMILES string of the molecule is CO[C@H]1COCN1. The Morgan fingerprint density at radius 2 is 2.71 bits per heavy atom. The van der Waals surface area contributed by atoms with Crippen molar-refractivity contribution >= 4 is 0 Å². The van der Waals surface area contributed by atoms with Crippen LogP contribution >= 0.6 is 0 Å². The molecule has 1 heterocycles. The van der Waals surface area contributed by atoms with Crippen molar-refractivity contribution in [2.24, 2.45) is 0 Å². The monoisotopic (exact) mass is 103 g/mol. The highest BCUT2D eigenvalue weighted by Gasteiger charge is 2.11.